The van der Waals surface area contributed by atoms with Crippen LogP contribution in [0.15, 0.2) is 12.2 Å². The summed E-state index contributed by atoms with van der Waals surface area (Å²) in [5.74, 6) is -0.413. The Balaban J connectivity index is 4.47. The SMILES string of the molecule is CC=CC(=O)OC[Si](OCC)(OCC)OCC. The standard InChI is InChI=1S/C11H22O5Si/c1-5-9-11(12)13-10-17(14-6-2,15-7-3)16-8-4/h5,9H,6-8,10H2,1-4H3. The number of carbonyl (C=O) groups is 1. The Labute approximate surface area is 104 Å². The van der Waals surface area contributed by atoms with Gasteiger partial charge in [0, 0.05) is 25.9 Å². The minimum absolute atomic E-state index is 0.0473. The molecular weight excluding hydrogens is 240 g/mol. The molecule has 0 fully saturated rings. The fraction of sp³-hybridized carbons (Fsp3) is 0.727. The van der Waals surface area contributed by atoms with Crippen LogP contribution in [0, 0.1) is 0 Å². The van der Waals surface area contributed by atoms with Gasteiger partial charge in [0.05, 0.1) is 0 Å². The van der Waals surface area contributed by atoms with Gasteiger partial charge in [0.1, 0.15) is 0 Å². The highest BCUT2D eigenvalue weighted by Gasteiger charge is 2.42. The Kier molecular flexibility index (Phi) is 8.97. The van der Waals surface area contributed by atoms with Crippen LogP contribution < -0.4 is 0 Å². The summed E-state index contributed by atoms with van der Waals surface area (Å²) in [5, 5.41) is 0. The molecule has 0 spiro atoms. The summed E-state index contributed by atoms with van der Waals surface area (Å²) in [6.07, 6.45) is 3.02. The van der Waals surface area contributed by atoms with Gasteiger partial charge in [-0.3, -0.25) is 0 Å². The van der Waals surface area contributed by atoms with Crippen LogP contribution in [0.1, 0.15) is 27.7 Å². The highest BCUT2D eigenvalue weighted by atomic mass is 28.4. The summed E-state index contributed by atoms with van der Waals surface area (Å²) in [4.78, 5) is 11.2. The van der Waals surface area contributed by atoms with Crippen LogP contribution in [-0.4, -0.2) is 40.8 Å². The second kappa shape index (κ2) is 9.35. The third-order valence-corrected chi connectivity index (χ3v) is 4.47. The second-order valence-corrected chi connectivity index (χ2v) is 5.61. The normalized spacial score (nSPS) is 12.0. The van der Waals surface area contributed by atoms with Gasteiger partial charge in [0.15, 0.2) is 6.23 Å². The van der Waals surface area contributed by atoms with Crippen LogP contribution in [-0.2, 0) is 22.8 Å². The number of allylic oxidation sites excluding steroid dienone is 1. The maximum Gasteiger partial charge on any atom is 0.540 e. The fourth-order valence-corrected chi connectivity index (χ4v) is 3.39. The molecule has 0 rings (SSSR count). The van der Waals surface area contributed by atoms with Gasteiger partial charge in [0.25, 0.3) is 0 Å². The lowest BCUT2D eigenvalue weighted by Crippen LogP contribution is -2.51. The monoisotopic (exact) mass is 262 g/mol. The number of hydrogen-bond acceptors (Lipinski definition) is 5. The van der Waals surface area contributed by atoms with Crippen molar-refractivity contribution in [3.8, 4) is 0 Å². The van der Waals surface area contributed by atoms with Crippen LogP contribution in [0.25, 0.3) is 0 Å². The van der Waals surface area contributed by atoms with E-state index in [0.717, 1.165) is 0 Å². The molecule has 0 atom stereocenters. The zero-order valence-corrected chi connectivity index (χ0v) is 12.0. The maximum absolute atomic E-state index is 11.2. The van der Waals surface area contributed by atoms with Crippen LogP contribution in [0.3, 0.4) is 0 Å². The summed E-state index contributed by atoms with van der Waals surface area (Å²) in [7, 11) is -2.86. The molecule has 0 aliphatic carbocycles. The van der Waals surface area contributed by atoms with Crippen molar-refractivity contribution in [1.82, 2.24) is 0 Å². The Morgan fingerprint density at radius 3 is 1.88 bits per heavy atom. The number of hydrogen-bond donors (Lipinski definition) is 0. The van der Waals surface area contributed by atoms with Gasteiger partial charge in [-0.2, -0.15) is 0 Å². The summed E-state index contributed by atoms with van der Waals surface area (Å²) >= 11 is 0. The van der Waals surface area contributed by atoms with E-state index in [1.807, 2.05) is 20.8 Å². The predicted octanol–water partition coefficient (Wildman–Crippen LogP) is 1.69. The van der Waals surface area contributed by atoms with Crippen molar-refractivity contribution in [2.24, 2.45) is 0 Å². The van der Waals surface area contributed by atoms with Gasteiger partial charge in [0.2, 0.25) is 0 Å². The van der Waals surface area contributed by atoms with E-state index in [4.69, 9.17) is 18.0 Å². The molecule has 0 radical (unpaired) electrons. The molecule has 0 bridgehead atoms. The van der Waals surface area contributed by atoms with Crippen molar-refractivity contribution in [3.63, 3.8) is 0 Å². The molecule has 0 saturated carbocycles. The lowest BCUT2D eigenvalue weighted by molar-refractivity contribution is -0.137. The quantitative estimate of drug-likeness (QED) is 0.359. The first-order valence-corrected chi connectivity index (χ1v) is 7.78. The molecule has 0 aromatic rings. The molecule has 5 nitrogen and oxygen atoms in total. The molecule has 0 unspecified atom stereocenters. The van der Waals surface area contributed by atoms with Crippen LogP contribution in [0.5, 0.6) is 0 Å². The van der Waals surface area contributed by atoms with Crippen molar-refractivity contribution in [2.45, 2.75) is 27.7 Å². The predicted molar refractivity (Wildman–Crippen MR) is 66.4 cm³/mol. The molecule has 100 valence electrons. The van der Waals surface area contributed by atoms with Crippen molar-refractivity contribution in [3.05, 3.63) is 12.2 Å². The molecule has 0 aliphatic heterocycles. The summed E-state index contributed by atoms with van der Waals surface area (Å²) < 4.78 is 21.7. The van der Waals surface area contributed by atoms with E-state index in [1.165, 1.54) is 6.08 Å². The van der Waals surface area contributed by atoms with Crippen LogP contribution >= 0.6 is 0 Å². The number of ether oxygens (including phenoxy) is 1. The van der Waals surface area contributed by atoms with Gasteiger partial charge in [-0.05, 0) is 27.7 Å². The third kappa shape index (κ3) is 6.57. The van der Waals surface area contributed by atoms with Gasteiger partial charge >= 0.3 is 14.8 Å². The average molecular weight is 262 g/mol. The van der Waals surface area contributed by atoms with E-state index >= 15 is 0 Å². The van der Waals surface area contributed by atoms with Crippen LogP contribution in [0.4, 0.5) is 0 Å². The van der Waals surface area contributed by atoms with E-state index in [9.17, 15) is 4.79 Å². The van der Waals surface area contributed by atoms with Crippen LogP contribution in [0.2, 0.25) is 0 Å². The first kappa shape index (κ1) is 16.3. The second-order valence-electron chi connectivity index (χ2n) is 3.09. The summed E-state index contributed by atoms with van der Waals surface area (Å²) in [5.41, 5.74) is 0. The van der Waals surface area contributed by atoms with Gasteiger partial charge in [-0.25, -0.2) is 4.79 Å². The van der Waals surface area contributed by atoms with Crippen molar-refractivity contribution in [1.29, 1.82) is 0 Å². The van der Waals surface area contributed by atoms with E-state index < -0.39 is 14.8 Å². The lowest BCUT2D eigenvalue weighted by Gasteiger charge is -2.27. The minimum Gasteiger partial charge on any atom is -0.458 e. The zero-order chi connectivity index (χ0) is 13.1. The van der Waals surface area contributed by atoms with E-state index in [0.29, 0.717) is 19.8 Å². The molecule has 0 aliphatic rings. The maximum atomic E-state index is 11.2. The summed E-state index contributed by atoms with van der Waals surface area (Å²) in [6, 6.07) is 0. The fourth-order valence-electron chi connectivity index (χ4n) is 1.25. The topological polar surface area (TPSA) is 54.0 Å². The molecule has 17 heavy (non-hydrogen) atoms. The molecule has 0 saturated heterocycles. The largest absolute Gasteiger partial charge is 0.540 e. The summed E-state index contributed by atoms with van der Waals surface area (Å²) in [6.45, 7) is 8.71. The smallest absolute Gasteiger partial charge is 0.458 e. The van der Waals surface area contributed by atoms with E-state index in [2.05, 4.69) is 0 Å². The first-order chi connectivity index (χ1) is 8.14. The molecule has 6 heteroatoms. The molecule has 0 amide bonds. The lowest BCUT2D eigenvalue weighted by atomic mass is 10.5. The zero-order valence-electron chi connectivity index (χ0n) is 11.0. The average Bonchev–Trinajstić information content (AvgIpc) is 2.28. The van der Waals surface area contributed by atoms with Crippen molar-refractivity contribution < 1.29 is 22.8 Å². The van der Waals surface area contributed by atoms with E-state index in [1.54, 1.807) is 13.0 Å². The number of esters is 1. The molecular formula is C11H22O5Si. The van der Waals surface area contributed by atoms with E-state index in [-0.39, 0.29) is 6.23 Å². The Morgan fingerprint density at radius 2 is 1.53 bits per heavy atom. The number of carbonyl (C=O) groups excluding carboxylic acids is 1. The third-order valence-electron chi connectivity index (χ3n) is 1.79. The van der Waals surface area contributed by atoms with Gasteiger partial charge in [-0.15, -0.1) is 0 Å². The first-order valence-electron chi connectivity index (χ1n) is 5.85. The molecule has 0 aromatic heterocycles. The molecule has 0 N–H and O–H groups in total. The number of rotatable bonds is 9. The van der Waals surface area contributed by atoms with Gasteiger partial charge in [-0.1, -0.05) is 6.08 Å². The highest BCUT2D eigenvalue weighted by molar-refractivity contribution is 6.60. The molecule has 0 aromatic carbocycles. The Hall–Kier alpha value is -0.693. The van der Waals surface area contributed by atoms with Crippen molar-refractivity contribution >= 4 is 14.8 Å². The highest BCUT2D eigenvalue weighted by Crippen LogP contribution is 2.11. The van der Waals surface area contributed by atoms with Crippen molar-refractivity contribution in [2.75, 3.05) is 26.1 Å². The Bertz CT molecular complexity index is 225. The minimum atomic E-state index is -2.86. The van der Waals surface area contributed by atoms with Gasteiger partial charge < -0.3 is 18.0 Å². The Morgan fingerprint density at radius 1 is 1.06 bits per heavy atom. The molecule has 0 heterocycles.